The highest BCUT2D eigenvalue weighted by Gasteiger charge is 2.21. The minimum atomic E-state index is -0.155. The molecule has 7 nitrogen and oxygen atoms in total. The second kappa shape index (κ2) is 8.32. The molecule has 0 spiro atoms. The summed E-state index contributed by atoms with van der Waals surface area (Å²) in [5.41, 5.74) is 1.66. The zero-order valence-corrected chi connectivity index (χ0v) is 17.0. The number of aromatic nitrogens is 3. The van der Waals surface area contributed by atoms with Crippen LogP contribution in [0.1, 0.15) is 29.6 Å². The van der Waals surface area contributed by atoms with E-state index in [1.165, 1.54) is 22.2 Å². The largest absolute Gasteiger partial charge is 0.476 e. The van der Waals surface area contributed by atoms with Gasteiger partial charge in [0.05, 0.1) is 23.5 Å². The standard InChI is InChI=1S/C19H20N4O3S2/c1-2-26-18-12(6-4-8-20-18)21-15(24)10-27-9-14-22-17(25)16-11-5-3-7-13(11)28-19(16)23-14/h4,6,8H,2-3,5,7,9-10H2,1H3,(H,21,24)(H,22,23,25). The Bertz CT molecular complexity index is 1080. The SMILES string of the molecule is CCOc1ncccc1NC(=O)CSCc1nc2sc3c(c2c(=O)[nH]1)CCC3. The Morgan fingerprint density at radius 1 is 1.43 bits per heavy atom. The molecule has 1 aliphatic carbocycles. The molecule has 9 heteroatoms. The third-order valence-corrected chi connectivity index (χ3v) is 6.55. The summed E-state index contributed by atoms with van der Waals surface area (Å²) in [5.74, 6) is 1.56. The number of carbonyl (C=O) groups excluding carboxylic acids is 1. The number of carbonyl (C=O) groups is 1. The van der Waals surface area contributed by atoms with Gasteiger partial charge < -0.3 is 15.0 Å². The van der Waals surface area contributed by atoms with Crippen molar-refractivity contribution in [2.45, 2.75) is 31.9 Å². The number of amides is 1. The van der Waals surface area contributed by atoms with Crippen LogP contribution in [0.15, 0.2) is 23.1 Å². The van der Waals surface area contributed by atoms with Crippen molar-refractivity contribution in [1.82, 2.24) is 15.0 Å². The maximum absolute atomic E-state index is 12.5. The fourth-order valence-corrected chi connectivity index (χ4v) is 5.25. The molecule has 0 radical (unpaired) electrons. The fraction of sp³-hybridized carbons (Fsp3) is 0.368. The number of hydrogen-bond donors (Lipinski definition) is 2. The van der Waals surface area contributed by atoms with Crippen molar-refractivity contribution in [3.05, 3.63) is 44.9 Å². The second-order valence-electron chi connectivity index (χ2n) is 6.38. The maximum atomic E-state index is 12.5. The Kier molecular flexibility index (Phi) is 5.63. The van der Waals surface area contributed by atoms with Gasteiger partial charge >= 0.3 is 0 Å². The molecule has 0 saturated heterocycles. The lowest BCUT2D eigenvalue weighted by molar-refractivity contribution is -0.113. The summed E-state index contributed by atoms with van der Waals surface area (Å²) >= 11 is 3.02. The van der Waals surface area contributed by atoms with Crippen LogP contribution in [0.4, 0.5) is 5.69 Å². The van der Waals surface area contributed by atoms with E-state index in [1.54, 1.807) is 29.7 Å². The molecule has 0 aromatic carbocycles. The number of thiophene rings is 1. The van der Waals surface area contributed by atoms with Gasteiger partial charge in [0.25, 0.3) is 5.56 Å². The number of ether oxygens (including phenoxy) is 1. The molecule has 146 valence electrons. The van der Waals surface area contributed by atoms with Crippen LogP contribution in [0.3, 0.4) is 0 Å². The van der Waals surface area contributed by atoms with Crippen LogP contribution in [-0.2, 0) is 23.4 Å². The van der Waals surface area contributed by atoms with Gasteiger partial charge in [0, 0.05) is 11.1 Å². The lowest BCUT2D eigenvalue weighted by Gasteiger charge is -2.09. The Hall–Kier alpha value is -2.39. The number of nitrogens with zero attached hydrogens (tertiary/aromatic N) is 2. The van der Waals surface area contributed by atoms with Crippen LogP contribution in [-0.4, -0.2) is 33.2 Å². The van der Waals surface area contributed by atoms with Crippen molar-refractivity contribution < 1.29 is 9.53 Å². The quantitative estimate of drug-likeness (QED) is 0.614. The number of hydrogen-bond acceptors (Lipinski definition) is 7. The molecule has 1 amide bonds. The Labute approximate surface area is 169 Å². The van der Waals surface area contributed by atoms with Crippen molar-refractivity contribution >= 4 is 44.9 Å². The van der Waals surface area contributed by atoms with Gasteiger partial charge in [-0.15, -0.1) is 23.1 Å². The molecule has 28 heavy (non-hydrogen) atoms. The predicted octanol–water partition coefficient (Wildman–Crippen LogP) is 3.14. The van der Waals surface area contributed by atoms with E-state index in [0.717, 1.165) is 29.5 Å². The van der Waals surface area contributed by atoms with Crippen molar-refractivity contribution in [2.24, 2.45) is 0 Å². The van der Waals surface area contributed by atoms with Crippen LogP contribution in [0.5, 0.6) is 5.88 Å². The van der Waals surface area contributed by atoms with Gasteiger partial charge in [-0.05, 0) is 43.9 Å². The molecule has 0 atom stereocenters. The molecule has 4 rings (SSSR count). The van der Waals surface area contributed by atoms with Crippen LogP contribution in [0.25, 0.3) is 10.2 Å². The first-order chi connectivity index (χ1) is 13.7. The molecular formula is C19H20N4O3S2. The number of rotatable bonds is 7. The summed E-state index contributed by atoms with van der Waals surface area (Å²) in [6.45, 7) is 2.34. The van der Waals surface area contributed by atoms with Gasteiger partial charge in [0.1, 0.15) is 16.3 Å². The molecule has 0 fully saturated rings. The highest BCUT2D eigenvalue weighted by molar-refractivity contribution is 7.99. The van der Waals surface area contributed by atoms with Crippen LogP contribution in [0, 0.1) is 0 Å². The highest BCUT2D eigenvalue weighted by atomic mass is 32.2. The van der Waals surface area contributed by atoms with Crippen molar-refractivity contribution in [1.29, 1.82) is 0 Å². The molecule has 0 saturated carbocycles. The summed E-state index contributed by atoms with van der Waals surface area (Å²) < 4.78 is 5.41. The molecule has 0 unspecified atom stereocenters. The van der Waals surface area contributed by atoms with Gasteiger partial charge in [-0.2, -0.15) is 0 Å². The van der Waals surface area contributed by atoms with Crippen molar-refractivity contribution in [3.63, 3.8) is 0 Å². The molecule has 1 aliphatic rings. The number of aromatic amines is 1. The minimum Gasteiger partial charge on any atom is -0.476 e. The van der Waals surface area contributed by atoms with E-state index in [9.17, 15) is 9.59 Å². The lowest BCUT2D eigenvalue weighted by Crippen LogP contribution is -2.16. The third kappa shape index (κ3) is 3.90. The molecule has 0 aliphatic heterocycles. The number of fused-ring (bicyclic) bond motifs is 3. The molecule has 3 heterocycles. The van der Waals surface area contributed by atoms with E-state index in [-0.39, 0.29) is 17.2 Å². The third-order valence-electron chi connectivity index (χ3n) is 4.42. The highest BCUT2D eigenvalue weighted by Crippen LogP contribution is 2.34. The van der Waals surface area contributed by atoms with E-state index in [1.807, 2.05) is 6.92 Å². The van der Waals surface area contributed by atoms with E-state index in [0.29, 0.717) is 29.8 Å². The lowest BCUT2D eigenvalue weighted by atomic mass is 10.2. The first kappa shape index (κ1) is 18.9. The molecule has 2 N–H and O–H groups in total. The summed E-state index contributed by atoms with van der Waals surface area (Å²) in [5, 5.41) is 3.56. The molecular weight excluding hydrogens is 396 g/mol. The van der Waals surface area contributed by atoms with E-state index >= 15 is 0 Å². The first-order valence-electron chi connectivity index (χ1n) is 9.14. The van der Waals surface area contributed by atoms with Gasteiger partial charge in [0.2, 0.25) is 11.8 Å². The van der Waals surface area contributed by atoms with Crippen LogP contribution in [0.2, 0.25) is 0 Å². The van der Waals surface area contributed by atoms with Crippen molar-refractivity contribution in [2.75, 3.05) is 17.7 Å². The first-order valence-corrected chi connectivity index (χ1v) is 11.1. The fourth-order valence-electron chi connectivity index (χ4n) is 3.28. The second-order valence-corrected chi connectivity index (χ2v) is 8.45. The number of nitrogens with one attached hydrogen (secondary N) is 2. The average molecular weight is 417 g/mol. The van der Waals surface area contributed by atoms with Gasteiger partial charge in [0.15, 0.2) is 0 Å². The van der Waals surface area contributed by atoms with Crippen LogP contribution < -0.4 is 15.6 Å². The van der Waals surface area contributed by atoms with E-state index < -0.39 is 0 Å². The zero-order valence-electron chi connectivity index (χ0n) is 15.4. The summed E-state index contributed by atoms with van der Waals surface area (Å²) in [4.78, 5) is 38.4. The summed E-state index contributed by atoms with van der Waals surface area (Å²) in [6, 6.07) is 3.50. The minimum absolute atomic E-state index is 0.0684. The molecule has 3 aromatic heterocycles. The smallest absolute Gasteiger partial charge is 0.259 e. The normalized spacial score (nSPS) is 12.9. The van der Waals surface area contributed by atoms with Crippen molar-refractivity contribution in [3.8, 4) is 5.88 Å². The Balaban J connectivity index is 1.38. The van der Waals surface area contributed by atoms with E-state index in [2.05, 4.69) is 20.3 Å². The molecule has 3 aromatic rings. The number of aryl methyl sites for hydroxylation is 2. The van der Waals surface area contributed by atoms with Gasteiger partial charge in [-0.1, -0.05) is 0 Å². The van der Waals surface area contributed by atoms with E-state index in [4.69, 9.17) is 4.74 Å². The Morgan fingerprint density at radius 2 is 2.32 bits per heavy atom. The zero-order chi connectivity index (χ0) is 19.5. The molecule has 0 bridgehead atoms. The van der Waals surface area contributed by atoms with Gasteiger partial charge in [-0.3, -0.25) is 9.59 Å². The number of H-pyrrole nitrogens is 1. The average Bonchev–Trinajstić information content (AvgIpc) is 3.24. The summed E-state index contributed by atoms with van der Waals surface area (Å²) in [6.07, 6.45) is 4.74. The number of pyridine rings is 1. The number of thioether (sulfide) groups is 1. The topological polar surface area (TPSA) is 97.0 Å². The maximum Gasteiger partial charge on any atom is 0.259 e. The van der Waals surface area contributed by atoms with Crippen LogP contribution >= 0.6 is 23.1 Å². The summed E-state index contributed by atoms with van der Waals surface area (Å²) in [7, 11) is 0. The number of anilines is 1. The predicted molar refractivity (Wildman–Crippen MR) is 112 cm³/mol. The van der Waals surface area contributed by atoms with Gasteiger partial charge in [-0.25, -0.2) is 9.97 Å². The monoisotopic (exact) mass is 416 g/mol. The Morgan fingerprint density at radius 3 is 3.18 bits per heavy atom.